The van der Waals surface area contributed by atoms with Crippen LogP contribution in [0.15, 0.2) is 53.8 Å². The maximum atomic E-state index is 13.3. The predicted octanol–water partition coefficient (Wildman–Crippen LogP) is 3.43. The van der Waals surface area contributed by atoms with E-state index in [0.717, 1.165) is 50.0 Å². The van der Waals surface area contributed by atoms with Crippen LogP contribution in [-0.2, 0) is 29.0 Å². The lowest BCUT2D eigenvalue weighted by molar-refractivity contribution is -0.146. The van der Waals surface area contributed by atoms with Crippen molar-refractivity contribution in [2.45, 2.75) is 26.2 Å². The molecular formula is C26H26N6O3. The van der Waals surface area contributed by atoms with Crippen LogP contribution in [0.5, 0.6) is 0 Å². The van der Waals surface area contributed by atoms with Gasteiger partial charge in [0.05, 0.1) is 46.7 Å². The lowest BCUT2D eigenvalue weighted by Gasteiger charge is -2.22. The van der Waals surface area contributed by atoms with Gasteiger partial charge in [-0.3, -0.25) is 28.6 Å². The Morgan fingerprint density at radius 1 is 1.06 bits per heavy atom. The summed E-state index contributed by atoms with van der Waals surface area (Å²) < 4.78 is 9.98. The normalized spacial score (nSPS) is 11.9. The molecule has 0 atom stereocenters. The standard InChI is InChI=1S/C26H26N6O3/c1-15-22(14-30(4)29-15)32-23-19-10-16(7-8-20(19)28-13-21(23)31(5)25(32)34)17-9-18(12-27-11-17)26(2,3)24(33)35-6/h7-14H,1-6H3. The first-order chi connectivity index (χ1) is 16.6. The second kappa shape index (κ2) is 7.90. The van der Waals surface area contributed by atoms with E-state index >= 15 is 0 Å². The molecule has 0 aliphatic rings. The molecule has 0 N–H and O–H groups in total. The van der Waals surface area contributed by atoms with Crippen molar-refractivity contribution in [3.05, 3.63) is 70.8 Å². The van der Waals surface area contributed by atoms with Crippen molar-refractivity contribution in [2.75, 3.05) is 7.11 Å². The quantitative estimate of drug-likeness (QED) is 0.374. The molecule has 9 nitrogen and oxygen atoms in total. The first-order valence-electron chi connectivity index (χ1n) is 11.2. The molecule has 0 radical (unpaired) electrons. The van der Waals surface area contributed by atoms with Crippen molar-refractivity contribution in [1.29, 1.82) is 0 Å². The number of nitrogens with zero attached hydrogens (tertiary/aromatic N) is 6. The summed E-state index contributed by atoms with van der Waals surface area (Å²) in [5.41, 5.74) is 5.21. The molecule has 0 saturated carbocycles. The highest BCUT2D eigenvalue weighted by molar-refractivity contribution is 6.04. The van der Waals surface area contributed by atoms with Crippen molar-refractivity contribution >= 4 is 27.9 Å². The summed E-state index contributed by atoms with van der Waals surface area (Å²) in [5.74, 6) is -0.332. The number of hydrogen-bond acceptors (Lipinski definition) is 6. The zero-order valence-electron chi connectivity index (χ0n) is 20.5. The SMILES string of the molecule is COC(=O)C(C)(C)c1cncc(-c2ccc3ncc4c(c3c2)n(-c2cn(C)nc2C)c(=O)n4C)c1. The summed E-state index contributed by atoms with van der Waals surface area (Å²) >= 11 is 0. The van der Waals surface area contributed by atoms with Crippen LogP contribution in [0.25, 0.3) is 38.8 Å². The van der Waals surface area contributed by atoms with Gasteiger partial charge in [0.1, 0.15) is 0 Å². The molecule has 0 bridgehead atoms. The van der Waals surface area contributed by atoms with Crippen LogP contribution in [0.1, 0.15) is 25.1 Å². The van der Waals surface area contributed by atoms with E-state index in [9.17, 15) is 9.59 Å². The maximum Gasteiger partial charge on any atom is 0.333 e. The fraction of sp³-hybridized carbons (Fsp3) is 0.269. The molecule has 0 amide bonds. The number of ether oxygens (including phenoxy) is 1. The van der Waals surface area contributed by atoms with Gasteiger partial charge in [-0.05, 0) is 50.1 Å². The maximum absolute atomic E-state index is 13.3. The lowest BCUT2D eigenvalue weighted by Crippen LogP contribution is -2.30. The number of fused-ring (bicyclic) bond motifs is 3. The number of hydrogen-bond donors (Lipinski definition) is 0. The van der Waals surface area contributed by atoms with E-state index in [1.54, 1.807) is 39.5 Å². The van der Waals surface area contributed by atoms with Crippen LogP contribution in [0.4, 0.5) is 0 Å². The zero-order valence-corrected chi connectivity index (χ0v) is 20.5. The predicted molar refractivity (Wildman–Crippen MR) is 134 cm³/mol. The van der Waals surface area contributed by atoms with Gasteiger partial charge in [-0.15, -0.1) is 0 Å². The fourth-order valence-electron chi connectivity index (χ4n) is 4.52. The first-order valence-corrected chi connectivity index (χ1v) is 11.2. The molecule has 4 heterocycles. The van der Waals surface area contributed by atoms with Crippen LogP contribution in [0.3, 0.4) is 0 Å². The van der Waals surface area contributed by atoms with E-state index in [1.807, 2.05) is 58.3 Å². The Labute approximate surface area is 201 Å². The summed E-state index contributed by atoms with van der Waals surface area (Å²) in [5, 5.41) is 5.26. The largest absolute Gasteiger partial charge is 0.468 e. The lowest BCUT2D eigenvalue weighted by atomic mass is 9.84. The average Bonchev–Trinajstić information content (AvgIpc) is 3.32. The molecule has 5 aromatic rings. The second-order valence-corrected chi connectivity index (χ2v) is 9.25. The van der Waals surface area contributed by atoms with E-state index in [2.05, 4.69) is 15.1 Å². The van der Waals surface area contributed by atoms with Crippen molar-refractivity contribution < 1.29 is 9.53 Å². The number of rotatable bonds is 4. The van der Waals surface area contributed by atoms with E-state index < -0.39 is 5.41 Å². The number of aromatic nitrogens is 6. The van der Waals surface area contributed by atoms with Gasteiger partial charge in [0, 0.05) is 43.6 Å². The topological polar surface area (TPSA) is 96.8 Å². The molecule has 178 valence electrons. The van der Waals surface area contributed by atoms with Gasteiger partial charge in [-0.2, -0.15) is 5.10 Å². The molecule has 5 rings (SSSR count). The Hall–Kier alpha value is -4.27. The number of imidazole rings is 1. The minimum absolute atomic E-state index is 0.167. The van der Waals surface area contributed by atoms with Gasteiger partial charge in [-0.1, -0.05) is 6.07 Å². The second-order valence-electron chi connectivity index (χ2n) is 9.25. The number of methoxy groups -OCH3 is 1. The molecule has 0 fully saturated rings. The van der Waals surface area contributed by atoms with E-state index in [4.69, 9.17) is 4.74 Å². The van der Waals surface area contributed by atoms with Crippen molar-refractivity contribution in [3.63, 3.8) is 0 Å². The third-order valence-electron chi connectivity index (χ3n) is 6.60. The molecule has 1 aromatic carbocycles. The number of pyridine rings is 2. The van der Waals surface area contributed by atoms with Gasteiger partial charge < -0.3 is 4.74 Å². The van der Waals surface area contributed by atoms with Crippen LogP contribution in [0.2, 0.25) is 0 Å². The average molecular weight is 471 g/mol. The van der Waals surface area contributed by atoms with E-state index in [-0.39, 0.29) is 11.7 Å². The molecular weight excluding hydrogens is 444 g/mol. The van der Waals surface area contributed by atoms with Gasteiger partial charge in [-0.25, -0.2) is 4.79 Å². The van der Waals surface area contributed by atoms with Crippen molar-refractivity contribution in [1.82, 2.24) is 28.9 Å². The molecule has 0 aliphatic carbocycles. The number of carbonyl (C=O) groups is 1. The highest BCUT2D eigenvalue weighted by Crippen LogP contribution is 2.32. The monoisotopic (exact) mass is 470 g/mol. The first kappa shape index (κ1) is 22.5. The number of carbonyl (C=O) groups excluding carboxylic acids is 1. The van der Waals surface area contributed by atoms with E-state index in [1.165, 1.54) is 7.11 Å². The van der Waals surface area contributed by atoms with Crippen LogP contribution < -0.4 is 5.69 Å². The van der Waals surface area contributed by atoms with E-state index in [0.29, 0.717) is 0 Å². The Balaban J connectivity index is 1.77. The summed E-state index contributed by atoms with van der Waals surface area (Å²) in [4.78, 5) is 34.6. The molecule has 0 aliphatic heterocycles. The Kier molecular flexibility index (Phi) is 5.08. The molecule has 0 spiro atoms. The summed E-state index contributed by atoms with van der Waals surface area (Å²) in [7, 11) is 4.96. The van der Waals surface area contributed by atoms with Crippen molar-refractivity contribution in [3.8, 4) is 16.8 Å². The number of aryl methyl sites for hydroxylation is 3. The van der Waals surface area contributed by atoms with Crippen LogP contribution >= 0.6 is 0 Å². The Morgan fingerprint density at radius 2 is 1.83 bits per heavy atom. The van der Waals surface area contributed by atoms with Gasteiger partial charge in [0.25, 0.3) is 0 Å². The highest BCUT2D eigenvalue weighted by atomic mass is 16.5. The Bertz CT molecular complexity index is 1690. The van der Waals surface area contributed by atoms with Gasteiger partial charge in [0.15, 0.2) is 0 Å². The van der Waals surface area contributed by atoms with Gasteiger partial charge in [0.2, 0.25) is 0 Å². The molecule has 0 saturated heterocycles. The number of benzene rings is 1. The smallest absolute Gasteiger partial charge is 0.333 e. The minimum atomic E-state index is -0.846. The zero-order chi connectivity index (χ0) is 25.1. The van der Waals surface area contributed by atoms with Crippen LogP contribution in [-0.4, -0.2) is 42.0 Å². The van der Waals surface area contributed by atoms with Crippen molar-refractivity contribution in [2.24, 2.45) is 14.1 Å². The Morgan fingerprint density at radius 3 is 2.51 bits per heavy atom. The van der Waals surface area contributed by atoms with Crippen LogP contribution in [0, 0.1) is 6.92 Å². The third-order valence-corrected chi connectivity index (χ3v) is 6.60. The summed E-state index contributed by atoms with van der Waals surface area (Å²) in [6.45, 7) is 5.51. The summed E-state index contributed by atoms with van der Waals surface area (Å²) in [6.07, 6.45) is 7.01. The highest BCUT2D eigenvalue weighted by Gasteiger charge is 2.31. The molecule has 0 unspecified atom stereocenters. The number of esters is 1. The minimum Gasteiger partial charge on any atom is -0.468 e. The molecule has 4 aromatic heterocycles. The van der Waals surface area contributed by atoms with Gasteiger partial charge >= 0.3 is 11.7 Å². The molecule has 35 heavy (non-hydrogen) atoms. The third kappa shape index (κ3) is 3.42. The summed E-state index contributed by atoms with van der Waals surface area (Å²) in [6, 6.07) is 7.86. The molecule has 9 heteroatoms. The fourth-order valence-corrected chi connectivity index (χ4v) is 4.52.